The zero-order chi connectivity index (χ0) is 20.8. The minimum atomic E-state index is -0.262. The fraction of sp³-hybridized carbons (Fsp3) is 0.273. The van der Waals surface area contributed by atoms with Gasteiger partial charge in [0.15, 0.2) is 4.96 Å². The summed E-state index contributed by atoms with van der Waals surface area (Å²) in [5, 5.41) is 6.19. The molecule has 30 heavy (non-hydrogen) atoms. The summed E-state index contributed by atoms with van der Waals surface area (Å²) in [6.45, 7) is 2.44. The number of amides is 1. The van der Waals surface area contributed by atoms with Gasteiger partial charge in [-0.05, 0) is 43.1 Å². The molecule has 6 nitrogen and oxygen atoms in total. The molecule has 0 saturated carbocycles. The van der Waals surface area contributed by atoms with Gasteiger partial charge >= 0.3 is 0 Å². The Morgan fingerprint density at radius 1 is 1.37 bits per heavy atom. The number of anilines is 1. The van der Waals surface area contributed by atoms with Gasteiger partial charge in [-0.1, -0.05) is 17.4 Å². The van der Waals surface area contributed by atoms with E-state index in [0.717, 1.165) is 40.1 Å². The average Bonchev–Trinajstić information content (AvgIpc) is 3.43. The van der Waals surface area contributed by atoms with Crippen LogP contribution >= 0.6 is 11.3 Å². The lowest BCUT2D eigenvalue weighted by atomic mass is 10.0. The maximum absolute atomic E-state index is 14.9. The van der Waals surface area contributed by atoms with E-state index < -0.39 is 0 Å². The number of nitrogens with zero attached hydrogens (tertiary/aromatic N) is 2. The third kappa shape index (κ3) is 3.22. The van der Waals surface area contributed by atoms with Crippen LogP contribution in [0.1, 0.15) is 31.4 Å². The van der Waals surface area contributed by atoms with Crippen molar-refractivity contribution in [1.29, 1.82) is 0 Å². The van der Waals surface area contributed by atoms with Crippen LogP contribution in [-0.4, -0.2) is 28.9 Å². The monoisotopic (exact) mass is 424 g/mol. The fourth-order valence-electron chi connectivity index (χ4n) is 4.04. The van der Waals surface area contributed by atoms with Gasteiger partial charge in [0.1, 0.15) is 11.6 Å². The molecule has 2 N–H and O–H groups in total. The lowest BCUT2D eigenvalue weighted by molar-refractivity contribution is -0.114. The van der Waals surface area contributed by atoms with E-state index in [-0.39, 0.29) is 17.8 Å². The Hall–Kier alpha value is -2.97. The van der Waals surface area contributed by atoms with Crippen molar-refractivity contribution in [2.24, 2.45) is 0 Å². The number of aromatic nitrogens is 2. The van der Waals surface area contributed by atoms with Crippen molar-refractivity contribution in [3.8, 4) is 17.0 Å². The van der Waals surface area contributed by atoms with Crippen LogP contribution in [0.25, 0.3) is 26.4 Å². The lowest BCUT2D eigenvalue weighted by Crippen LogP contribution is -2.12. The van der Waals surface area contributed by atoms with Crippen molar-refractivity contribution in [1.82, 2.24) is 14.7 Å². The van der Waals surface area contributed by atoms with Crippen LogP contribution in [0.5, 0.6) is 5.75 Å². The largest absolute Gasteiger partial charge is 0.494 e. The topological polar surface area (TPSA) is 67.7 Å². The van der Waals surface area contributed by atoms with Crippen LogP contribution in [-0.2, 0) is 4.79 Å². The number of thiazole rings is 1. The smallest absolute Gasteiger partial charge is 0.221 e. The third-order valence-corrected chi connectivity index (χ3v) is 6.48. The second-order valence-corrected chi connectivity index (χ2v) is 8.48. The molecular formula is C22H21FN4O2S. The van der Waals surface area contributed by atoms with Gasteiger partial charge in [-0.25, -0.2) is 9.37 Å². The minimum Gasteiger partial charge on any atom is -0.494 e. The molecule has 0 radical (unpaired) electrons. The Balaban J connectivity index is 1.56. The van der Waals surface area contributed by atoms with Gasteiger partial charge in [-0.2, -0.15) is 0 Å². The second-order valence-electron chi connectivity index (χ2n) is 7.47. The number of carbonyl (C=O) groups excluding carboxylic acids is 1. The standard InChI is InChI=1S/C22H21FN4O2S/c1-12(28)25-17-9-21-19(10-20(17)29-2)27-11-18(26-22(27)30-21)14-6-5-13(8-15(14)23)16-4-3-7-24-16/h5-6,8-11,16,24H,3-4,7H2,1-2H3,(H,25,28). The van der Waals surface area contributed by atoms with Crippen molar-refractivity contribution in [2.75, 3.05) is 19.0 Å². The van der Waals surface area contributed by atoms with Crippen LogP contribution in [0.15, 0.2) is 36.5 Å². The van der Waals surface area contributed by atoms with Gasteiger partial charge in [0.05, 0.1) is 28.7 Å². The Labute approximate surface area is 176 Å². The predicted molar refractivity (Wildman–Crippen MR) is 117 cm³/mol. The van der Waals surface area contributed by atoms with Crippen molar-refractivity contribution >= 4 is 38.1 Å². The van der Waals surface area contributed by atoms with Crippen LogP contribution in [0, 0.1) is 5.82 Å². The second kappa shape index (κ2) is 7.37. The molecule has 1 aliphatic rings. The first-order chi connectivity index (χ1) is 14.5. The van der Waals surface area contributed by atoms with Crippen LogP contribution in [0.4, 0.5) is 10.1 Å². The number of benzene rings is 2. The van der Waals surface area contributed by atoms with Gasteiger partial charge in [0.25, 0.3) is 0 Å². The van der Waals surface area contributed by atoms with E-state index in [1.807, 2.05) is 34.9 Å². The van der Waals surface area contributed by atoms with Crippen molar-refractivity contribution in [3.05, 3.63) is 47.9 Å². The van der Waals surface area contributed by atoms with Crippen molar-refractivity contribution in [2.45, 2.75) is 25.8 Å². The summed E-state index contributed by atoms with van der Waals surface area (Å²) in [7, 11) is 1.56. The first-order valence-electron chi connectivity index (χ1n) is 9.84. The van der Waals surface area contributed by atoms with E-state index >= 15 is 0 Å². The van der Waals surface area contributed by atoms with E-state index in [2.05, 4.69) is 15.6 Å². The number of ether oxygens (including phenoxy) is 1. The maximum Gasteiger partial charge on any atom is 0.221 e. The Morgan fingerprint density at radius 2 is 2.23 bits per heavy atom. The molecule has 3 heterocycles. The quantitative estimate of drug-likeness (QED) is 0.496. The highest BCUT2D eigenvalue weighted by Crippen LogP contribution is 2.37. The summed E-state index contributed by atoms with van der Waals surface area (Å²) in [5.41, 5.74) is 3.57. The highest BCUT2D eigenvalue weighted by Gasteiger charge is 2.20. The Kier molecular flexibility index (Phi) is 4.67. The summed E-state index contributed by atoms with van der Waals surface area (Å²) in [4.78, 5) is 16.9. The molecule has 5 rings (SSSR count). The minimum absolute atomic E-state index is 0.164. The van der Waals surface area contributed by atoms with Gasteiger partial charge in [0, 0.05) is 30.8 Å². The molecule has 1 atom stereocenters. The zero-order valence-electron chi connectivity index (χ0n) is 16.7. The van der Waals surface area contributed by atoms with Crippen molar-refractivity contribution < 1.29 is 13.9 Å². The number of imidazole rings is 1. The van der Waals surface area contributed by atoms with E-state index in [4.69, 9.17) is 4.74 Å². The molecular weight excluding hydrogens is 403 g/mol. The SMILES string of the molecule is COc1cc2c(cc1NC(C)=O)sc1nc(-c3ccc(C4CCCN4)cc3F)cn12. The summed E-state index contributed by atoms with van der Waals surface area (Å²) in [5.74, 6) is 0.136. The third-order valence-electron chi connectivity index (χ3n) is 5.46. The number of hydrogen-bond acceptors (Lipinski definition) is 5. The van der Waals surface area contributed by atoms with Crippen LogP contribution < -0.4 is 15.4 Å². The van der Waals surface area contributed by atoms with E-state index in [0.29, 0.717) is 22.7 Å². The molecule has 0 aliphatic carbocycles. The first kappa shape index (κ1) is 19.0. The number of hydrogen-bond donors (Lipinski definition) is 2. The number of rotatable bonds is 4. The molecule has 2 aromatic carbocycles. The molecule has 1 amide bonds. The number of carbonyl (C=O) groups is 1. The normalized spacial score (nSPS) is 16.4. The summed E-state index contributed by atoms with van der Waals surface area (Å²) >= 11 is 1.48. The average molecular weight is 425 g/mol. The highest BCUT2D eigenvalue weighted by molar-refractivity contribution is 7.23. The molecule has 1 unspecified atom stereocenters. The fourth-order valence-corrected chi connectivity index (χ4v) is 5.07. The van der Waals surface area contributed by atoms with Gasteiger partial charge in [-0.15, -0.1) is 0 Å². The van der Waals surface area contributed by atoms with Crippen LogP contribution in [0.3, 0.4) is 0 Å². The molecule has 1 aliphatic heterocycles. The molecule has 154 valence electrons. The first-order valence-corrected chi connectivity index (χ1v) is 10.7. The Bertz CT molecular complexity index is 1270. The molecule has 4 aromatic rings. The van der Waals surface area contributed by atoms with E-state index in [1.54, 1.807) is 13.2 Å². The molecule has 0 spiro atoms. The van der Waals surface area contributed by atoms with Gasteiger partial charge < -0.3 is 15.4 Å². The van der Waals surface area contributed by atoms with Crippen molar-refractivity contribution in [3.63, 3.8) is 0 Å². The lowest BCUT2D eigenvalue weighted by Gasteiger charge is -2.11. The zero-order valence-corrected chi connectivity index (χ0v) is 17.5. The van der Waals surface area contributed by atoms with E-state index in [1.165, 1.54) is 18.3 Å². The number of fused-ring (bicyclic) bond motifs is 3. The molecule has 1 saturated heterocycles. The number of halogens is 1. The molecule has 1 fully saturated rings. The Morgan fingerprint density at radius 3 is 2.93 bits per heavy atom. The van der Waals surface area contributed by atoms with Gasteiger partial charge in [0.2, 0.25) is 5.91 Å². The highest BCUT2D eigenvalue weighted by atomic mass is 32.1. The number of nitrogens with one attached hydrogen (secondary N) is 2. The molecule has 0 bridgehead atoms. The summed E-state index contributed by atoms with van der Waals surface area (Å²) in [6.07, 6.45) is 4.00. The van der Waals surface area contributed by atoms with E-state index in [9.17, 15) is 9.18 Å². The number of methoxy groups -OCH3 is 1. The summed E-state index contributed by atoms with van der Waals surface area (Å²) in [6, 6.07) is 9.38. The molecule has 8 heteroatoms. The summed E-state index contributed by atoms with van der Waals surface area (Å²) < 4.78 is 23.2. The molecule has 2 aromatic heterocycles. The van der Waals surface area contributed by atoms with Gasteiger partial charge in [-0.3, -0.25) is 9.20 Å². The maximum atomic E-state index is 14.9. The van der Waals surface area contributed by atoms with Crippen LogP contribution in [0.2, 0.25) is 0 Å². The predicted octanol–water partition coefficient (Wildman–Crippen LogP) is 4.75.